The molecule has 22 rings (SSSR count). The molecule has 0 amide bonds. The Morgan fingerprint density at radius 1 is 0.198 bits per heavy atom. The summed E-state index contributed by atoms with van der Waals surface area (Å²) in [5.41, 5.74) is 41.3. The maximum absolute atomic E-state index is 2.59. The van der Waals surface area contributed by atoms with Gasteiger partial charge in [0.15, 0.2) is 0 Å². The topological polar surface area (TPSA) is 9.72 Å². The van der Waals surface area contributed by atoms with Gasteiger partial charge in [-0.2, -0.15) is 0 Å². The van der Waals surface area contributed by atoms with Gasteiger partial charge >= 0.3 is 0 Å². The van der Waals surface area contributed by atoms with Crippen LogP contribution in [0.15, 0.2) is 400 Å². The van der Waals surface area contributed by atoms with E-state index in [1.807, 2.05) is 0 Å². The zero-order chi connectivity index (χ0) is 73.7. The van der Waals surface area contributed by atoms with Crippen LogP contribution in [0.1, 0.15) is 70.8 Å². The van der Waals surface area contributed by atoms with E-state index >= 15 is 0 Å². The number of fused-ring (bicyclic) bond motifs is 22. The van der Waals surface area contributed by atoms with Gasteiger partial charge in [-0.3, -0.25) is 0 Å². The molecule has 3 nitrogen and oxygen atoms in total. The fourth-order valence-electron chi connectivity index (χ4n) is 20.0. The SMILES string of the molecule is CC1(C)c2ccccc2-c2ccc(N3c4cc(-c5cccc6c5-c5ccccc5C65c6ccccc6-c6ccc(N(c7ccc(-c8ccccc8)cc7)c7ccccc7-c7ccccc7)cc65)cc(c4)N(c4ccc(-c5ccccc5)cc4)c4ccc5c(c4)C(C)(c4cc3ccc4-c3ccccc3)c3ccccc3-5)cc21. The van der Waals surface area contributed by atoms with Gasteiger partial charge in [0.25, 0.3) is 0 Å². The van der Waals surface area contributed by atoms with Crippen LogP contribution in [0.4, 0.5) is 51.2 Å². The lowest BCUT2D eigenvalue weighted by molar-refractivity contribution is 0.660. The van der Waals surface area contributed by atoms with Gasteiger partial charge in [0.1, 0.15) is 0 Å². The first kappa shape index (κ1) is 64.3. The first-order valence-electron chi connectivity index (χ1n) is 38.9. The molecule has 4 aliphatic carbocycles. The second kappa shape index (κ2) is 24.8. The van der Waals surface area contributed by atoms with E-state index in [0.717, 1.165) is 79.0 Å². The summed E-state index contributed by atoms with van der Waals surface area (Å²) in [5.74, 6) is 0. The quantitative estimate of drug-likeness (QED) is 0.135. The van der Waals surface area contributed by atoms with Gasteiger partial charge in [0.2, 0.25) is 0 Å². The summed E-state index contributed by atoms with van der Waals surface area (Å²) in [6.07, 6.45) is 0. The van der Waals surface area contributed by atoms with Crippen LogP contribution >= 0.6 is 0 Å². The zero-order valence-electron chi connectivity index (χ0n) is 61.9. The summed E-state index contributed by atoms with van der Waals surface area (Å²) in [5, 5.41) is 0. The lowest BCUT2D eigenvalue weighted by Crippen LogP contribution is -2.26. The van der Waals surface area contributed by atoms with E-state index in [2.05, 4.69) is 436 Å². The largest absolute Gasteiger partial charge is 0.310 e. The van der Waals surface area contributed by atoms with E-state index in [4.69, 9.17) is 0 Å². The van der Waals surface area contributed by atoms with Crippen molar-refractivity contribution >= 4 is 51.2 Å². The molecule has 0 saturated heterocycles. The van der Waals surface area contributed by atoms with Crippen LogP contribution in [-0.2, 0) is 16.2 Å². The van der Waals surface area contributed by atoms with Crippen LogP contribution in [0.5, 0.6) is 0 Å². The maximum atomic E-state index is 2.59. The smallest absolute Gasteiger partial charge is 0.0726 e. The van der Waals surface area contributed by atoms with Gasteiger partial charge in [-0.1, -0.05) is 317 Å². The molecule has 0 aromatic heterocycles. The van der Waals surface area contributed by atoms with E-state index in [1.165, 1.54) is 122 Å². The van der Waals surface area contributed by atoms with Crippen molar-refractivity contribution in [2.45, 2.75) is 37.0 Å². The average molecular weight is 1410 g/mol. The van der Waals surface area contributed by atoms with Crippen LogP contribution in [0.25, 0.3) is 100 Å². The minimum absolute atomic E-state index is 0.266. The molecule has 17 aromatic carbocycles. The third-order valence-corrected chi connectivity index (χ3v) is 25.0. The summed E-state index contributed by atoms with van der Waals surface area (Å²) in [6, 6.07) is 151. The Morgan fingerprint density at radius 3 is 1.19 bits per heavy atom. The van der Waals surface area contributed by atoms with Crippen LogP contribution in [-0.4, -0.2) is 0 Å². The van der Waals surface area contributed by atoms with E-state index in [9.17, 15) is 0 Å². The third kappa shape index (κ3) is 9.65. The van der Waals surface area contributed by atoms with Gasteiger partial charge in [-0.25, -0.2) is 0 Å². The maximum Gasteiger partial charge on any atom is 0.0726 e. The molecule has 1 spiro atoms. The molecular formula is C108H75N3. The number of rotatable bonds is 10. The highest BCUT2D eigenvalue weighted by Crippen LogP contribution is 2.66. The van der Waals surface area contributed by atoms with Crippen molar-refractivity contribution in [3.63, 3.8) is 0 Å². The lowest BCUT2D eigenvalue weighted by Gasteiger charge is -2.36. The molecule has 17 aromatic rings. The molecule has 2 atom stereocenters. The second-order valence-electron chi connectivity index (χ2n) is 31.1. The predicted molar refractivity (Wildman–Crippen MR) is 463 cm³/mol. The Kier molecular flexibility index (Phi) is 14.4. The summed E-state index contributed by atoms with van der Waals surface area (Å²) >= 11 is 0. The number of para-hydroxylation sites is 1. The number of anilines is 9. The molecule has 0 fully saturated rings. The Hall–Kier alpha value is -13.9. The highest BCUT2D eigenvalue weighted by Gasteiger charge is 2.53. The number of benzene rings is 17. The van der Waals surface area contributed by atoms with Crippen molar-refractivity contribution in [2.75, 3.05) is 14.7 Å². The monoisotopic (exact) mass is 1410 g/mol. The van der Waals surface area contributed by atoms with Crippen LogP contribution < -0.4 is 14.7 Å². The first-order chi connectivity index (χ1) is 54.7. The van der Waals surface area contributed by atoms with Gasteiger partial charge in [0, 0.05) is 61.9 Å². The molecule has 522 valence electrons. The highest BCUT2D eigenvalue weighted by molar-refractivity contribution is 6.03. The Labute approximate surface area is 649 Å². The highest BCUT2D eigenvalue weighted by atomic mass is 15.2. The van der Waals surface area contributed by atoms with Crippen molar-refractivity contribution in [3.05, 3.63) is 450 Å². The standard InChI is InChI=1S/C108H75N3/c1-106(2)95-41-21-16-36-88(95)91-60-56-79(66-100(91)106)110-81-55-59-85(74-31-12-6-13-32-74)101(67-81)107(3)96-42-22-17-37-89(96)92-61-57-80(68-102(92)107)109(77-51-47-72(48-52-77)70-27-8-4-9-28-70)83-63-76(64-84(110)65-83)87-40-26-45-99-105(87)94-39-19-24-44-98(94)108(99)97-43-23-18-38-90(97)93-62-58-82(69-103(93)108)111(78-53-49-73(50-54-78)71-29-10-5-11-30-71)104-46-25-20-35-86(104)75-33-14-7-15-34-75/h4-69H,1-3H3. The summed E-state index contributed by atoms with van der Waals surface area (Å²) in [6.45, 7) is 7.30. The fraction of sp³-hybridized carbons (Fsp3) is 0.0556. The van der Waals surface area contributed by atoms with E-state index in [0.29, 0.717) is 0 Å². The summed E-state index contributed by atoms with van der Waals surface area (Å²) in [4.78, 5) is 7.62. The second-order valence-corrected chi connectivity index (χ2v) is 31.1. The van der Waals surface area contributed by atoms with Crippen molar-refractivity contribution in [1.82, 2.24) is 0 Å². The number of nitrogens with zero attached hydrogens (tertiary/aromatic N) is 3. The Bertz CT molecular complexity index is 6620. The molecule has 1 aliphatic heterocycles. The lowest BCUT2D eigenvalue weighted by atomic mass is 9.70. The molecule has 3 heteroatoms. The first-order valence-corrected chi connectivity index (χ1v) is 38.9. The van der Waals surface area contributed by atoms with Gasteiger partial charge < -0.3 is 14.7 Å². The van der Waals surface area contributed by atoms with Crippen LogP contribution in [0, 0.1) is 0 Å². The van der Waals surface area contributed by atoms with Gasteiger partial charge in [-0.05, 0) is 249 Å². The summed E-state index contributed by atoms with van der Waals surface area (Å²) in [7, 11) is 0. The summed E-state index contributed by atoms with van der Waals surface area (Å²) < 4.78 is 0. The molecule has 111 heavy (non-hydrogen) atoms. The number of hydrogen-bond donors (Lipinski definition) is 0. The Morgan fingerprint density at radius 2 is 0.577 bits per heavy atom. The van der Waals surface area contributed by atoms with Crippen molar-refractivity contribution in [3.8, 4) is 100 Å². The fourth-order valence-corrected chi connectivity index (χ4v) is 20.0. The van der Waals surface area contributed by atoms with Crippen molar-refractivity contribution in [1.29, 1.82) is 0 Å². The molecule has 1 heterocycles. The van der Waals surface area contributed by atoms with Crippen molar-refractivity contribution < 1.29 is 0 Å². The predicted octanol–water partition coefficient (Wildman–Crippen LogP) is 28.7. The number of hydrogen-bond acceptors (Lipinski definition) is 3. The molecule has 2 unspecified atom stereocenters. The van der Waals surface area contributed by atoms with Gasteiger partial charge in [-0.15, -0.1) is 0 Å². The third-order valence-electron chi connectivity index (χ3n) is 25.0. The molecule has 0 saturated carbocycles. The normalized spacial score (nSPS) is 15.8. The van der Waals surface area contributed by atoms with Crippen LogP contribution in [0.2, 0.25) is 0 Å². The molecule has 5 aliphatic rings. The van der Waals surface area contributed by atoms with E-state index in [1.54, 1.807) is 0 Å². The van der Waals surface area contributed by atoms with E-state index in [-0.39, 0.29) is 5.41 Å². The van der Waals surface area contributed by atoms with Gasteiger partial charge in [0.05, 0.1) is 11.1 Å². The molecule has 0 N–H and O–H groups in total. The molecule has 0 radical (unpaired) electrons. The van der Waals surface area contributed by atoms with E-state index < -0.39 is 10.8 Å². The van der Waals surface area contributed by atoms with Crippen LogP contribution in [0.3, 0.4) is 0 Å². The zero-order valence-corrected chi connectivity index (χ0v) is 61.9. The Balaban J connectivity index is 0.809. The molecular weight excluding hydrogens is 1340 g/mol. The van der Waals surface area contributed by atoms with Crippen molar-refractivity contribution in [2.24, 2.45) is 0 Å². The minimum Gasteiger partial charge on any atom is -0.310 e. The molecule has 6 bridgehead atoms. The average Bonchev–Trinajstić information content (AvgIpc) is 1.50. The minimum atomic E-state index is -0.720.